The number of carbonyl (C=O) groups is 2. The van der Waals surface area contributed by atoms with Gasteiger partial charge >= 0.3 is 5.97 Å². The smallest absolute Gasteiger partial charge is 0.336 e. The standard InChI is InChI=1S/C20H27N3O3/c1-6-23-13(5)16(12(4)22-23)19-17(20(25)26-7-2)11(3)21-14-9-8-10-15(24)18(14)19/h19,21H,6-10H2,1-5H3/t19-/m1/s1. The third-order valence-corrected chi connectivity index (χ3v) is 5.30. The maximum atomic E-state index is 12.8. The number of ether oxygens (including phenoxy) is 1. The monoisotopic (exact) mass is 357 g/mol. The third-order valence-electron chi connectivity index (χ3n) is 5.30. The Balaban J connectivity index is 2.24. The van der Waals surface area contributed by atoms with Gasteiger partial charge in [-0.2, -0.15) is 5.10 Å². The molecule has 0 fully saturated rings. The second-order valence-electron chi connectivity index (χ2n) is 6.89. The quantitative estimate of drug-likeness (QED) is 0.839. The number of nitrogens with one attached hydrogen (secondary N) is 1. The average molecular weight is 357 g/mol. The van der Waals surface area contributed by atoms with Crippen molar-refractivity contribution in [3.8, 4) is 0 Å². The molecule has 1 aliphatic carbocycles. The van der Waals surface area contributed by atoms with E-state index >= 15 is 0 Å². The van der Waals surface area contributed by atoms with Crippen LogP contribution in [0.1, 0.15) is 62.9 Å². The summed E-state index contributed by atoms with van der Waals surface area (Å²) in [6.45, 7) is 10.7. The van der Waals surface area contributed by atoms with Crippen molar-refractivity contribution in [1.29, 1.82) is 0 Å². The second kappa shape index (κ2) is 7.09. The summed E-state index contributed by atoms with van der Waals surface area (Å²) in [4.78, 5) is 25.6. The fraction of sp³-hybridized carbons (Fsp3) is 0.550. The lowest BCUT2D eigenvalue weighted by Crippen LogP contribution is -2.34. The number of nitrogens with zero attached hydrogens (tertiary/aromatic N) is 2. The maximum absolute atomic E-state index is 12.8. The van der Waals surface area contributed by atoms with Crippen LogP contribution in [0.15, 0.2) is 22.5 Å². The summed E-state index contributed by atoms with van der Waals surface area (Å²) in [6, 6.07) is 0. The van der Waals surface area contributed by atoms with E-state index in [4.69, 9.17) is 4.74 Å². The van der Waals surface area contributed by atoms with Gasteiger partial charge in [0.05, 0.1) is 23.8 Å². The van der Waals surface area contributed by atoms with Gasteiger partial charge in [-0.05, 0) is 47.5 Å². The van der Waals surface area contributed by atoms with Gasteiger partial charge in [-0.25, -0.2) is 4.79 Å². The molecule has 0 bridgehead atoms. The molecule has 0 amide bonds. The van der Waals surface area contributed by atoms with Gasteiger partial charge in [0.2, 0.25) is 0 Å². The number of hydrogen-bond donors (Lipinski definition) is 1. The van der Waals surface area contributed by atoms with Crippen molar-refractivity contribution in [2.75, 3.05) is 6.61 Å². The number of dihydropyridines is 1. The highest BCUT2D eigenvalue weighted by molar-refractivity contribution is 6.03. The first kappa shape index (κ1) is 18.4. The molecule has 0 saturated heterocycles. The van der Waals surface area contributed by atoms with E-state index in [1.807, 2.05) is 32.4 Å². The molecule has 1 aromatic rings. The molecule has 0 unspecified atom stereocenters. The van der Waals surface area contributed by atoms with E-state index in [2.05, 4.69) is 10.4 Å². The van der Waals surface area contributed by atoms with Crippen LogP contribution in [0.5, 0.6) is 0 Å². The highest BCUT2D eigenvalue weighted by Gasteiger charge is 2.41. The molecule has 3 rings (SSSR count). The third kappa shape index (κ3) is 2.87. The van der Waals surface area contributed by atoms with Crippen LogP contribution in [-0.2, 0) is 20.9 Å². The number of carbonyl (C=O) groups excluding carboxylic acids is 2. The van der Waals surface area contributed by atoms with Crippen molar-refractivity contribution in [2.24, 2.45) is 0 Å². The summed E-state index contributed by atoms with van der Waals surface area (Å²) < 4.78 is 7.26. The molecule has 0 aromatic carbocycles. The van der Waals surface area contributed by atoms with Crippen molar-refractivity contribution >= 4 is 11.8 Å². The number of hydrogen-bond acceptors (Lipinski definition) is 5. The number of Topliss-reactive ketones (excluding diaryl/α,β-unsaturated/α-hetero) is 1. The van der Waals surface area contributed by atoms with Gasteiger partial charge in [-0.1, -0.05) is 0 Å². The number of allylic oxidation sites excluding steroid dienone is 3. The van der Waals surface area contributed by atoms with Crippen molar-refractivity contribution in [2.45, 2.75) is 66.3 Å². The van der Waals surface area contributed by atoms with Crippen molar-refractivity contribution in [3.63, 3.8) is 0 Å². The minimum absolute atomic E-state index is 0.112. The molecule has 2 heterocycles. The summed E-state index contributed by atoms with van der Waals surface area (Å²) >= 11 is 0. The minimum Gasteiger partial charge on any atom is -0.463 e. The molecular weight excluding hydrogens is 330 g/mol. The summed E-state index contributed by atoms with van der Waals surface area (Å²) in [7, 11) is 0. The Morgan fingerprint density at radius 1 is 1.27 bits per heavy atom. The Morgan fingerprint density at radius 2 is 2.00 bits per heavy atom. The summed E-state index contributed by atoms with van der Waals surface area (Å²) in [6.07, 6.45) is 2.18. The molecule has 0 saturated carbocycles. The lowest BCUT2D eigenvalue weighted by atomic mass is 9.74. The molecule has 1 N–H and O–H groups in total. The van der Waals surface area contributed by atoms with Gasteiger partial charge in [-0.15, -0.1) is 0 Å². The summed E-state index contributed by atoms with van der Waals surface area (Å²) in [5.74, 6) is -0.657. The first-order valence-electron chi connectivity index (χ1n) is 9.35. The molecule has 1 atom stereocenters. The molecular formula is C20H27N3O3. The Morgan fingerprint density at radius 3 is 2.62 bits per heavy atom. The predicted octanol–water partition coefficient (Wildman–Crippen LogP) is 3.05. The van der Waals surface area contributed by atoms with Gasteiger partial charge in [0.25, 0.3) is 0 Å². The topological polar surface area (TPSA) is 73.2 Å². The van der Waals surface area contributed by atoms with Gasteiger partial charge in [0.15, 0.2) is 5.78 Å². The average Bonchev–Trinajstić information content (AvgIpc) is 2.87. The number of esters is 1. The zero-order valence-electron chi connectivity index (χ0n) is 16.2. The largest absolute Gasteiger partial charge is 0.463 e. The van der Waals surface area contributed by atoms with E-state index in [0.717, 1.165) is 47.7 Å². The van der Waals surface area contributed by atoms with Gasteiger partial charge in [0, 0.05) is 41.2 Å². The van der Waals surface area contributed by atoms with Crippen LogP contribution >= 0.6 is 0 Å². The number of ketones is 1. The van der Waals surface area contributed by atoms with E-state index in [0.29, 0.717) is 24.2 Å². The summed E-state index contributed by atoms with van der Waals surface area (Å²) in [5.41, 5.74) is 5.77. The highest BCUT2D eigenvalue weighted by atomic mass is 16.5. The molecule has 26 heavy (non-hydrogen) atoms. The van der Waals surface area contributed by atoms with E-state index < -0.39 is 5.92 Å². The van der Waals surface area contributed by atoms with Crippen molar-refractivity contribution < 1.29 is 14.3 Å². The van der Waals surface area contributed by atoms with Gasteiger partial charge in [-0.3, -0.25) is 9.48 Å². The molecule has 1 aliphatic heterocycles. The summed E-state index contributed by atoms with van der Waals surface area (Å²) in [5, 5.41) is 7.93. The lowest BCUT2D eigenvalue weighted by Gasteiger charge is -2.34. The van der Waals surface area contributed by atoms with Gasteiger partial charge in [0.1, 0.15) is 0 Å². The van der Waals surface area contributed by atoms with Crippen LogP contribution < -0.4 is 5.32 Å². The predicted molar refractivity (Wildman–Crippen MR) is 98.5 cm³/mol. The SMILES string of the molecule is CCOC(=O)C1=C(C)NC2=C(C(=O)CCC2)[C@@H]1c1c(C)nn(CC)c1C. The zero-order valence-corrected chi connectivity index (χ0v) is 16.2. The fourth-order valence-corrected chi connectivity index (χ4v) is 4.19. The number of aromatic nitrogens is 2. The van der Waals surface area contributed by atoms with Crippen molar-refractivity contribution in [3.05, 3.63) is 39.5 Å². The Bertz CT molecular complexity index is 830. The molecule has 1 aromatic heterocycles. The highest BCUT2D eigenvalue weighted by Crippen LogP contribution is 2.44. The van der Waals surface area contributed by atoms with Crippen LogP contribution in [0.25, 0.3) is 0 Å². The van der Waals surface area contributed by atoms with Gasteiger partial charge < -0.3 is 10.1 Å². The minimum atomic E-state index is -0.404. The van der Waals surface area contributed by atoms with E-state index in [9.17, 15) is 9.59 Å². The second-order valence-corrected chi connectivity index (χ2v) is 6.89. The first-order chi connectivity index (χ1) is 12.4. The van der Waals surface area contributed by atoms with Crippen LogP contribution in [0.4, 0.5) is 0 Å². The fourth-order valence-electron chi connectivity index (χ4n) is 4.19. The van der Waals surface area contributed by atoms with E-state index in [1.165, 1.54) is 0 Å². The Kier molecular flexibility index (Phi) is 5.03. The zero-order chi connectivity index (χ0) is 19.0. The molecule has 0 spiro atoms. The molecule has 2 aliphatic rings. The van der Waals surface area contributed by atoms with Crippen LogP contribution in [0, 0.1) is 13.8 Å². The normalized spacial score (nSPS) is 20.2. The molecule has 6 nitrogen and oxygen atoms in total. The van der Waals surface area contributed by atoms with Crippen LogP contribution in [0.2, 0.25) is 0 Å². The lowest BCUT2D eigenvalue weighted by molar-refractivity contribution is -0.138. The van der Waals surface area contributed by atoms with Crippen molar-refractivity contribution in [1.82, 2.24) is 15.1 Å². The molecule has 6 heteroatoms. The maximum Gasteiger partial charge on any atom is 0.336 e. The van der Waals surface area contributed by atoms with E-state index in [-0.39, 0.29) is 11.8 Å². The molecule has 140 valence electrons. The van der Waals surface area contributed by atoms with Crippen LogP contribution in [-0.4, -0.2) is 28.1 Å². The number of aryl methyl sites for hydroxylation is 2. The first-order valence-corrected chi connectivity index (χ1v) is 9.35. The molecule has 0 radical (unpaired) electrons. The van der Waals surface area contributed by atoms with E-state index in [1.54, 1.807) is 6.92 Å². The number of rotatable bonds is 4. The Labute approximate surface area is 154 Å². The van der Waals surface area contributed by atoms with Crippen LogP contribution in [0.3, 0.4) is 0 Å². The Hall–Kier alpha value is -2.37.